The molecule has 2 aromatic heterocycles. The second kappa shape index (κ2) is 5.22. The van der Waals surface area contributed by atoms with Crippen molar-refractivity contribution in [3.63, 3.8) is 0 Å². The topological polar surface area (TPSA) is 95.3 Å². The van der Waals surface area contributed by atoms with E-state index < -0.39 is 11.3 Å². The van der Waals surface area contributed by atoms with Gasteiger partial charge in [0, 0.05) is 28.4 Å². The molecule has 1 aromatic carbocycles. The van der Waals surface area contributed by atoms with Gasteiger partial charge in [-0.15, -0.1) is 5.10 Å². The molecular weight excluding hydrogens is 302 g/mol. The first-order valence-corrected chi connectivity index (χ1v) is 7.88. The Morgan fingerprint density at radius 3 is 2.50 bits per heavy atom. The monoisotopic (exact) mass is 319 g/mol. The highest BCUT2D eigenvalue weighted by Gasteiger charge is 2.18. The summed E-state index contributed by atoms with van der Waals surface area (Å²) in [7, 11) is 0. The summed E-state index contributed by atoms with van der Waals surface area (Å²) in [5.74, 6) is 0.600. The number of nitrogens with one attached hydrogen (secondary N) is 2. The molecule has 22 heavy (non-hydrogen) atoms. The van der Waals surface area contributed by atoms with Gasteiger partial charge in [0.05, 0.1) is 0 Å². The second-order valence-electron chi connectivity index (χ2n) is 6.05. The fourth-order valence-corrected chi connectivity index (χ4v) is 2.41. The number of hydrogen-bond donors (Lipinski definition) is 3. The van der Waals surface area contributed by atoms with Gasteiger partial charge in [-0.3, -0.25) is 14.4 Å². The van der Waals surface area contributed by atoms with E-state index in [-0.39, 0.29) is 5.41 Å². The smallest absolute Gasteiger partial charge is 0.259 e. The van der Waals surface area contributed by atoms with Gasteiger partial charge in [0.15, 0.2) is 11.5 Å². The number of rotatable bonds is 3. The summed E-state index contributed by atoms with van der Waals surface area (Å²) in [6.07, 6.45) is 0. The molecule has 116 valence electrons. The molecule has 2 heterocycles. The van der Waals surface area contributed by atoms with Gasteiger partial charge in [0.1, 0.15) is 0 Å². The van der Waals surface area contributed by atoms with Gasteiger partial charge in [-0.05, 0) is 24.3 Å². The van der Waals surface area contributed by atoms with Gasteiger partial charge in [-0.1, -0.05) is 20.8 Å². The highest BCUT2D eigenvalue weighted by atomic mass is 32.2. The zero-order valence-corrected chi connectivity index (χ0v) is 13.3. The van der Waals surface area contributed by atoms with E-state index in [4.69, 9.17) is 4.55 Å². The Hall–Kier alpha value is -2.19. The van der Waals surface area contributed by atoms with E-state index >= 15 is 0 Å². The van der Waals surface area contributed by atoms with Crippen molar-refractivity contribution in [2.75, 3.05) is 4.72 Å². The number of benzene rings is 1. The van der Waals surface area contributed by atoms with Crippen molar-refractivity contribution in [1.29, 1.82) is 0 Å². The van der Waals surface area contributed by atoms with Crippen molar-refractivity contribution < 1.29 is 8.76 Å². The van der Waals surface area contributed by atoms with Crippen molar-refractivity contribution in [3.05, 3.63) is 36.0 Å². The van der Waals surface area contributed by atoms with Gasteiger partial charge in [0.25, 0.3) is 11.3 Å². The maximum Gasteiger partial charge on any atom is 0.259 e. The largest absolute Gasteiger partial charge is 0.289 e. The van der Waals surface area contributed by atoms with Gasteiger partial charge in [-0.25, -0.2) is 9.19 Å². The number of nitrogens with zero attached hydrogens (tertiary/aromatic N) is 3. The van der Waals surface area contributed by atoms with Crippen LogP contribution < -0.4 is 4.72 Å². The SMILES string of the molecule is CC(C)(C)c1cc2nc(-c3ccc(NS(=O)O)cc3)nn2[nH]1. The Bertz CT molecular complexity index is 798. The predicted molar refractivity (Wildman–Crippen MR) is 85.9 cm³/mol. The molecule has 0 aliphatic carbocycles. The molecule has 3 rings (SSSR count). The van der Waals surface area contributed by atoms with Crippen LogP contribution >= 0.6 is 0 Å². The third-order valence-corrected chi connectivity index (χ3v) is 3.70. The maximum atomic E-state index is 10.7. The van der Waals surface area contributed by atoms with Gasteiger partial charge >= 0.3 is 0 Å². The first-order chi connectivity index (χ1) is 10.3. The zero-order valence-electron chi connectivity index (χ0n) is 12.5. The van der Waals surface area contributed by atoms with Gasteiger partial charge in [0.2, 0.25) is 0 Å². The average molecular weight is 319 g/mol. The predicted octanol–water partition coefficient (Wildman–Crippen LogP) is 2.57. The molecule has 0 aliphatic rings. The van der Waals surface area contributed by atoms with E-state index in [9.17, 15) is 4.21 Å². The number of hydrogen-bond acceptors (Lipinski definition) is 3. The van der Waals surface area contributed by atoms with Crippen LogP contribution in [0.15, 0.2) is 30.3 Å². The molecule has 0 saturated carbocycles. The van der Waals surface area contributed by atoms with Crippen LogP contribution in [-0.2, 0) is 16.7 Å². The standard InChI is InChI=1S/C14H17N5O2S/c1-14(2,3)11-8-12-15-13(17-19(12)16-11)9-4-6-10(7-5-9)18-22(20)21/h4-8,16,18H,1-3H3,(H,20,21). The summed E-state index contributed by atoms with van der Waals surface area (Å²) in [5.41, 5.74) is 3.24. The molecule has 3 N–H and O–H groups in total. The highest BCUT2D eigenvalue weighted by Crippen LogP contribution is 2.23. The fourth-order valence-electron chi connectivity index (χ4n) is 2.07. The summed E-state index contributed by atoms with van der Waals surface area (Å²) < 4.78 is 23.5. The number of aromatic amines is 1. The van der Waals surface area contributed by atoms with Crippen LogP contribution in [0.25, 0.3) is 17.0 Å². The highest BCUT2D eigenvalue weighted by molar-refractivity contribution is 7.80. The molecule has 0 aliphatic heterocycles. The lowest BCUT2D eigenvalue weighted by molar-refractivity contribution is 0.557. The Morgan fingerprint density at radius 2 is 1.95 bits per heavy atom. The maximum absolute atomic E-state index is 10.7. The Labute approximate surface area is 130 Å². The van der Waals surface area contributed by atoms with Crippen LogP contribution in [-0.4, -0.2) is 28.6 Å². The first-order valence-electron chi connectivity index (χ1n) is 6.77. The number of H-pyrrole nitrogens is 1. The van der Waals surface area contributed by atoms with E-state index in [1.54, 1.807) is 28.9 Å². The number of aromatic nitrogens is 4. The van der Waals surface area contributed by atoms with Crippen molar-refractivity contribution in [2.45, 2.75) is 26.2 Å². The molecule has 0 fully saturated rings. The van der Waals surface area contributed by atoms with Crippen LogP contribution in [0, 0.1) is 0 Å². The molecule has 1 unspecified atom stereocenters. The fraction of sp³-hybridized carbons (Fsp3) is 0.286. The van der Waals surface area contributed by atoms with Crippen molar-refractivity contribution in [3.8, 4) is 11.4 Å². The lowest BCUT2D eigenvalue weighted by Crippen LogP contribution is -2.12. The molecule has 0 radical (unpaired) electrons. The van der Waals surface area contributed by atoms with E-state index in [0.29, 0.717) is 11.5 Å². The molecular formula is C14H17N5O2S. The Balaban J connectivity index is 1.90. The minimum Gasteiger partial charge on any atom is -0.289 e. The summed E-state index contributed by atoms with van der Waals surface area (Å²) >= 11 is -2.08. The minimum atomic E-state index is -2.08. The van der Waals surface area contributed by atoms with Gasteiger partial charge in [-0.2, -0.15) is 4.63 Å². The van der Waals surface area contributed by atoms with Crippen molar-refractivity contribution in [2.24, 2.45) is 0 Å². The quantitative estimate of drug-likeness (QED) is 0.647. The molecule has 1 atom stereocenters. The van der Waals surface area contributed by atoms with Crippen LogP contribution in [0.4, 0.5) is 5.69 Å². The zero-order chi connectivity index (χ0) is 15.9. The third-order valence-electron chi connectivity index (χ3n) is 3.29. The molecule has 0 spiro atoms. The van der Waals surface area contributed by atoms with Crippen LogP contribution in [0.3, 0.4) is 0 Å². The normalized spacial score (nSPS) is 13.5. The van der Waals surface area contributed by atoms with Crippen LogP contribution in [0.1, 0.15) is 26.5 Å². The van der Waals surface area contributed by atoms with E-state index in [1.807, 2.05) is 6.07 Å². The summed E-state index contributed by atoms with van der Waals surface area (Å²) in [5, 5.41) is 7.65. The van der Waals surface area contributed by atoms with Gasteiger partial charge < -0.3 is 0 Å². The van der Waals surface area contributed by atoms with Crippen LogP contribution in [0.5, 0.6) is 0 Å². The second-order valence-corrected chi connectivity index (χ2v) is 6.76. The first kappa shape index (κ1) is 14.7. The minimum absolute atomic E-state index is 0.00973. The lowest BCUT2D eigenvalue weighted by atomic mass is 9.93. The molecule has 8 heteroatoms. The van der Waals surface area contributed by atoms with Crippen molar-refractivity contribution >= 4 is 22.6 Å². The third kappa shape index (κ3) is 2.88. The van der Waals surface area contributed by atoms with E-state index in [1.165, 1.54) is 0 Å². The van der Waals surface area contributed by atoms with E-state index in [0.717, 1.165) is 16.9 Å². The lowest BCUT2D eigenvalue weighted by Gasteiger charge is -2.14. The number of fused-ring (bicyclic) bond motifs is 1. The number of anilines is 1. The van der Waals surface area contributed by atoms with Crippen molar-refractivity contribution in [1.82, 2.24) is 19.8 Å². The molecule has 3 aromatic rings. The molecule has 0 saturated heterocycles. The van der Waals surface area contributed by atoms with E-state index in [2.05, 4.69) is 40.7 Å². The van der Waals surface area contributed by atoms with Crippen LogP contribution in [0.2, 0.25) is 0 Å². The molecule has 0 amide bonds. The molecule has 7 nitrogen and oxygen atoms in total. The Morgan fingerprint density at radius 1 is 1.27 bits per heavy atom. The average Bonchev–Trinajstić information content (AvgIpc) is 2.96. The Kier molecular flexibility index (Phi) is 3.50. The summed E-state index contributed by atoms with van der Waals surface area (Å²) in [6, 6.07) is 9.00. The summed E-state index contributed by atoms with van der Waals surface area (Å²) in [4.78, 5) is 4.50. The summed E-state index contributed by atoms with van der Waals surface area (Å²) in [6.45, 7) is 6.36. The molecule has 0 bridgehead atoms.